The van der Waals surface area contributed by atoms with Gasteiger partial charge in [-0.05, 0) is 77.4 Å². The fourth-order valence-corrected chi connectivity index (χ4v) is 5.45. The van der Waals surface area contributed by atoms with E-state index in [1.54, 1.807) is 0 Å². The minimum Gasteiger partial charge on any atom is -0.326 e. The fraction of sp³-hybridized carbons (Fsp3) is 0.455. The van der Waals surface area contributed by atoms with Crippen molar-refractivity contribution in [1.82, 2.24) is 10.4 Å². The molecule has 3 rings (SSSR count). The van der Waals surface area contributed by atoms with Crippen molar-refractivity contribution in [3.8, 4) is 0 Å². The highest BCUT2D eigenvalue weighted by Gasteiger charge is 2.28. The smallest absolute Gasteiger partial charge is 0.0607 e. The summed E-state index contributed by atoms with van der Waals surface area (Å²) in [5, 5.41) is 9.58. The number of hydrogen-bond donors (Lipinski definition) is 3. The second-order valence-corrected chi connectivity index (χ2v) is 10.3. The van der Waals surface area contributed by atoms with Gasteiger partial charge in [0.05, 0.1) is 6.04 Å². The summed E-state index contributed by atoms with van der Waals surface area (Å²) >= 11 is 0. The molecular weight excluding hydrogens is 454 g/mol. The van der Waals surface area contributed by atoms with Gasteiger partial charge in [-0.25, -0.2) is 5.48 Å². The van der Waals surface area contributed by atoms with E-state index in [0.29, 0.717) is 24.9 Å². The van der Waals surface area contributed by atoms with Gasteiger partial charge in [-0.1, -0.05) is 100 Å². The van der Waals surface area contributed by atoms with Crippen molar-refractivity contribution >= 4 is 0 Å². The molecule has 4 heteroatoms. The maximum Gasteiger partial charge on any atom is 0.0607 e. The molecule has 0 aliphatic heterocycles. The van der Waals surface area contributed by atoms with Gasteiger partial charge < -0.3 is 10.9 Å². The predicted molar refractivity (Wildman–Crippen MR) is 156 cm³/mol. The van der Waals surface area contributed by atoms with Crippen molar-refractivity contribution in [2.24, 2.45) is 5.73 Å². The molecule has 0 spiro atoms. The largest absolute Gasteiger partial charge is 0.326 e. The Balaban J connectivity index is 2.06. The highest BCUT2D eigenvalue weighted by atomic mass is 16.5. The lowest BCUT2D eigenvalue weighted by atomic mass is 9.82. The predicted octanol–water partition coefficient (Wildman–Crippen LogP) is 7.18. The molecule has 0 bridgehead atoms. The van der Waals surface area contributed by atoms with Crippen LogP contribution in [0.15, 0.2) is 72.8 Å². The van der Waals surface area contributed by atoms with Gasteiger partial charge >= 0.3 is 0 Å². The van der Waals surface area contributed by atoms with Crippen LogP contribution in [0.2, 0.25) is 0 Å². The molecule has 2 unspecified atom stereocenters. The molecule has 3 aromatic carbocycles. The number of nitrogens with two attached hydrogens (primary N) is 1. The van der Waals surface area contributed by atoms with Gasteiger partial charge in [0, 0.05) is 19.6 Å². The molecular formula is C33H47N3O. The van der Waals surface area contributed by atoms with Gasteiger partial charge in [-0.2, -0.15) is 0 Å². The van der Waals surface area contributed by atoms with Crippen molar-refractivity contribution in [2.75, 3.05) is 19.6 Å². The Bertz CT molecular complexity index is 1030. The van der Waals surface area contributed by atoms with E-state index in [2.05, 4.69) is 111 Å². The van der Waals surface area contributed by atoms with E-state index < -0.39 is 0 Å². The van der Waals surface area contributed by atoms with Crippen molar-refractivity contribution in [1.29, 1.82) is 0 Å². The van der Waals surface area contributed by atoms with Crippen LogP contribution in [-0.4, -0.2) is 29.7 Å². The minimum atomic E-state index is 0.119. The molecule has 0 fully saturated rings. The van der Waals surface area contributed by atoms with E-state index in [9.17, 15) is 5.21 Å². The molecule has 4 nitrogen and oxygen atoms in total. The van der Waals surface area contributed by atoms with Crippen LogP contribution in [0.25, 0.3) is 0 Å². The second-order valence-electron chi connectivity index (χ2n) is 10.3. The van der Waals surface area contributed by atoms with Crippen LogP contribution in [-0.2, 0) is 13.0 Å². The molecule has 4 N–H and O–H groups in total. The Labute approximate surface area is 224 Å². The molecule has 2 atom stereocenters. The van der Waals surface area contributed by atoms with Gasteiger partial charge in [-0.3, -0.25) is 4.90 Å². The molecule has 0 aliphatic carbocycles. The van der Waals surface area contributed by atoms with Crippen molar-refractivity contribution < 1.29 is 5.21 Å². The summed E-state index contributed by atoms with van der Waals surface area (Å²) in [6.07, 6.45) is 4.22. The molecule has 0 amide bonds. The first-order chi connectivity index (χ1) is 18.0. The lowest BCUT2D eigenvalue weighted by Crippen LogP contribution is -2.37. The average molecular weight is 502 g/mol. The van der Waals surface area contributed by atoms with E-state index in [-0.39, 0.29) is 6.04 Å². The van der Waals surface area contributed by atoms with Crippen LogP contribution in [0.3, 0.4) is 0 Å². The van der Waals surface area contributed by atoms with Gasteiger partial charge in [-0.15, -0.1) is 0 Å². The molecule has 0 heterocycles. The summed E-state index contributed by atoms with van der Waals surface area (Å²) in [6.45, 7) is 12.0. The maximum absolute atomic E-state index is 9.58. The zero-order valence-electron chi connectivity index (χ0n) is 23.3. The first-order valence-corrected chi connectivity index (χ1v) is 14.1. The number of rotatable bonds is 15. The van der Waals surface area contributed by atoms with Crippen molar-refractivity contribution in [3.63, 3.8) is 0 Å². The van der Waals surface area contributed by atoms with Crippen molar-refractivity contribution in [2.45, 2.75) is 77.8 Å². The van der Waals surface area contributed by atoms with Crippen molar-refractivity contribution in [3.05, 3.63) is 106 Å². The summed E-state index contributed by atoms with van der Waals surface area (Å²) < 4.78 is 0. The topological polar surface area (TPSA) is 61.5 Å². The number of hydroxylamine groups is 1. The van der Waals surface area contributed by atoms with Crippen LogP contribution >= 0.6 is 0 Å². The molecule has 37 heavy (non-hydrogen) atoms. The number of nitrogens with zero attached hydrogens (tertiary/aromatic N) is 1. The van der Waals surface area contributed by atoms with Gasteiger partial charge in [0.2, 0.25) is 0 Å². The zero-order chi connectivity index (χ0) is 26.6. The monoisotopic (exact) mass is 501 g/mol. The minimum absolute atomic E-state index is 0.119. The molecule has 0 aliphatic rings. The molecule has 0 aromatic heterocycles. The quantitative estimate of drug-likeness (QED) is 0.193. The SMILES string of the molecule is CCC(C)c1ccccc1C(c1ccccc1C(C)CC)N(CCCc1ccccc1CN)CCNO. The second kappa shape index (κ2) is 15.0. The van der Waals surface area contributed by atoms with Crippen LogP contribution in [0.5, 0.6) is 0 Å². The van der Waals surface area contributed by atoms with E-state index in [1.807, 2.05) is 0 Å². The Hall–Kier alpha value is -2.50. The summed E-state index contributed by atoms with van der Waals surface area (Å²) in [6, 6.07) is 26.6. The summed E-state index contributed by atoms with van der Waals surface area (Å²) in [5.41, 5.74) is 16.6. The lowest BCUT2D eigenvalue weighted by Gasteiger charge is -2.36. The third-order valence-corrected chi connectivity index (χ3v) is 7.97. The Morgan fingerprint density at radius 2 is 1.22 bits per heavy atom. The van der Waals surface area contributed by atoms with E-state index in [4.69, 9.17) is 5.73 Å². The Morgan fingerprint density at radius 1 is 0.730 bits per heavy atom. The average Bonchev–Trinajstić information content (AvgIpc) is 2.95. The summed E-state index contributed by atoms with van der Waals surface area (Å²) in [5.74, 6) is 0.951. The highest BCUT2D eigenvalue weighted by molar-refractivity contribution is 5.43. The van der Waals surface area contributed by atoms with E-state index in [0.717, 1.165) is 38.8 Å². The third kappa shape index (κ3) is 7.52. The Morgan fingerprint density at radius 3 is 1.70 bits per heavy atom. The molecule has 200 valence electrons. The highest BCUT2D eigenvalue weighted by Crippen LogP contribution is 2.39. The van der Waals surface area contributed by atoms with Gasteiger partial charge in [0.25, 0.3) is 0 Å². The molecule has 0 radical (unpaired) electrons. The number of nitrogens with one attached hydrogen (secondary N) is 1. The van der Waals surface area contributed by atoms with Crippen LogP contribution in [0.4, 0.5) is 0 Å². The first kappa shape index (κ1) is 29.1. The molecule has 3 aromatic rings. The fourth-order valence-electron chi connectivity index (χ4n) is 5.45. The van der Waals surface area contributed by atoms with Gasteiger partial charge in [0.15, 0.2) is 0 Å². The summed E-state index contributed by atoms with van der Waals surface area (Å²) in [4.78, 5) is 2.57. The number of hydrogen-bond acceptors (Lipinski definition) is 4. The van der Waals surface area contributed by atoms with Crippen LogP contribution in [0.1, 0.15) is 98.2 Å². The molecule has 0 saturated carbocycles. The number of aryl methyl sites for hydroxylation is 1. The molecule has 0 saturated heterocycles. The summed E-state index contributed by atoms with van der Waals surface area (Å²) in [7, 11) is 0. The third-order valence-electron chi connectivity index (χ3n) is 7.97. The van der Waals surface area contributed by atoms with E-state index in [1.165, 1.54) is 33.4 Å². The zero-order valence-corrected chi connectivity index (χ0v) is 23.3. The first-order valence-electron chi connectivity index (χ1n) is 14.1. The van der Waals surface area contributed by atoms with Crippen LogP contribution in [0, 0.1) is 0 Å². The number of benzene rings is 3. The van der Waals surface area contributed by atoms with Gasteiger partial charge in [0.1, 0.15) is 0 Å². The van der Waals surface area contributed by atoms with E-state index >= 15 is 0 Å². The standard InChI is InChI=1S/C33H47N3O/c1-5-25(3)29-17-9-11-19-31(29)33(32-20-12-10-18-30(32)26(4)6-2)36(23-21-35-37)22-13-16-27-14-7-8-15-28(27)24-34/h7-12,14-15,17-20,25-26,33,35,37H,5-6,13,16,21-24,34H2,1-4H3. The normalized spacial score (nSPS) is 14.0. The maximum atomic E-state index is 9.58. The van der Waals surface area contributed by atoms with Crippen LogP contribution < -0.4 is 11.2 Å². The Kier molecular flexibility index (Phi) is 11.8. The lowest BCUT2D eigenvalue weighted by molar-refractivity contribution is 0.135.